The van der Waals surface area contributed by atoms with Gasteiger partial charge in [-0.2, -0.15) is 5.10 Å². The molecule has 2 aromatic rings. The molecule has 0 radical (unpaired) electrons. The van der Waals surface area contributed by atoms with Crippen molar-refractivity contribution in [3.05, 3.63) is 33.6 Å². The number of likely N-dealkylation sites (N-methyl/N-ethyl adjacent to an activating group) is 1. The van der Waals surface area contributed by atoms with Crippen molar-refractivity contribution in [2.75, 3.05) is 11.9 Å². The largest absolute Gasteiger partial charge is 0.356 e. The maximum absolute atomic E-state index is 11.2. The van der Waals surface area contributed by atoms with E-state index in [1.54, 1.807) is 16.0 Å². The van der Waals surface area contributed by atoms with E-state index < -0.39 is 0 Å². The van der Waals surface area contributed by atoms with Crippen LogP contribution in [-0.2, 0) is 13.5 Å². The summed E-state index contributed by atoms with van der Waals surface area (Å²) in [5, 5.41) is 6.42. The summed E-state index contributed by atoms with van der Waals surface area (Å²) < 4.78 is 1.78. The molecule has 4 nitrogen and oxygen atoms in total. The molecule has 5 heteroatoms. The minimum atomic E-state index is 0.312. The Kier molecular flexibility index (Phi) is 4.04. The second kappa shape index (κ2) is 5.57. The number of aromatic nitrogens is 2. The third kappa shape index (κ3) is 2.71. The van der Waals surface area contributed by atoms with Crippen molar-refractivity contribution in [3.63, 3.8) is 0 Å². The number of aldehydes is 1. The van der Waals surface area contributed by atoms with E-state index in [9.17, 15) is 4.79 Å². The molecule has 0 aliphatic rings. The number of aryl methyl sites for hydroxylation is 2. The zero-order valence-corrected chi connectivity index (χ0v) is 12.6. The molecule has 2 heterocycles. The molecule has 0 amide bonds. The van der Waals surface area contributed by atoms with Gasteiger partial charge in [0.05, 0.1) is 11.3 Å². The van der Waals surface area contributed by atoms with Gasteiger partial charge >= 0.3 is 0 Å². The zero-order valence-electron chi connectivity index (χ0n) is 11.8. The van der Waals surface area contributed by atoms with E-state index in [0.29, 0.717) is 11.6 Å². The number of hydrogen-bond acceptors (Lipinski definition) is 4. The monoisotopic (exact) mass is 277 g/mol. The molecule has 19 heavy (non-hydrogen) atoms. The highest BCUT2D eigenvalue weighted by molar-refractivity contribution is 7.09. The molecule has 0 saturated heterocycles. The minimum Gasteiger partial charge on any atom is -0.356 e. The van der Waals surface area contributed by atoms with E-state index in [0.717, 1.165) is 24.2 Å². The van der Waals surface area contributed by atoms with E-state index in [1.165, 1.54) is 4.88 Å². The van der Waals surface area contributed by atoms with Crippen LogP contribution in [0.15, 0.2) is 17.5 Å². The fraction of sp³-hybridized carbons (Fsp3) is 0.429. The average Bonchev–Trinajstić information content (AvgIpc) is 2.95. The van der Waals surface area contributed by atoms with Crippen LogP contribution in [0.25, 0.3) is 0 Å². The second-order valence-electron chi connectivity index (χ2n) is 4.81. The quantitative estimate of drug-likeness (QED) is 0.789. The first-order valence-electron chi connectivity index (χ1n) is 6.28. The predicted molar refractivity (Wildman–Crippen MR) is 79.2 cm³/mol. The number of carbonyl (C=O) groups excluding carboxylic acids is 1. The summed E-state index contributed by atoms with van der Waals surface area (Å²) in [5.41, 5.74) is 1.46. The van der Waals surface area contributed by atoms with Crippen LogP contribution in [0, 0.1) is 6.92 Å². The fourth-order valence-corrected chi connectivity index (χ4v) is 3.11. The average molecular weight is 277 g/mol. The summed E-state index contributed by atoms with van der Waals surface area (Å²) in [6, 6.07) is 4.52. The third-order valence-electron chi connectivity index (χ3n) is 3.43. The molecular formula is C14H19N3OS. The normalized spacial score (nSPS) is 12.4. The maximum Gasteiger partial charge on any atom is 0.155 e. The van der Waals surface area contributed by atoms with Crippen LogP contribution in [0.2, 0.25) is 0 Å². The molecule has 0 aliphatic heterocycles. The van der Waals surface area contributed by atoms with Crippen molar-refractivity contribution in [1.82, 2.24) is 9.78 Å². The lowest BCUT2D eigenvalue weighted by atomic mass is 10.1. The Labute approximate surface area is 117 Å². The molecule has 0 spiro atoms. The van der Waals surface area contributed by atoms with Crippen molar-refractivity contribution < 1.29 is 4.79 Å². The molecule has 2 aromatic heterocycles. The van der Waals surface area contributed by atoms with Gasteiger partial charge in [0.2, 0.25) is 0 Å². The van der Waals surface area contributed by atoms with E-state index in [4.69, 9.17) is 0 Å². The van der Waals surface area contributed by atoms with Gasteiger partial charge in [0.15, 0.2) is 6.29 Å². The molecule has 0 saturated carbocycles. The summed E-state index contributed by atoms with van der Waals surface area (Å²) in [7, 11) is 3.89. The smallest absolute Gasteiger partial charge is 0.155 e. The van der Waals surface area contributed by atoms with Crippen molar-refractivity contribution in [2.24, 2.45) is 7.05 Å². The second-order valence-corrected chi connectivity index (χ2v) is 5.84. The number of rotatable bonds is 5. The minimum absolute atomic E-state index is 0.312. The molecule has 0 fully saturated rings. The number of thiophene rings is 1. The number of carbonyl (C=O) groups is 1. The summed E-state index contributed by atoms with van der Waals surface area (Å²) in [4.78, 5) is 14.7. The van der Waals surface area contributed by atoms with Gasteiger partial charge in [-0.05, 0) is 25.3 Å². The highest BCUT2D eigenvalue weighted by Crippen LogP contribution is 2.24. The Morgan fingerprint density at radius 3 is 2.89 bits per heavy atom. The highest BCUT2D eigenvalue weighted by atomic mass is 32.1. The topological polar surface area (TPSA) is 38.1 Å². The van der Waals surface area contributed by atoms with Gasteiger partial charge in [-0.15, -0.1) is 11.3 Å². The first-order chi connectivity index (χ1) is 9.04. The standard InChI is InChI=1S/C14H19N3OS/c1-10(8-12-6-5-7-19-12)16(3)14-13(9-18)11(2)15-17(14)4/h5-7,9-10H,8H2,1-4H3. The Balaban J connectivity index is 2.23. The summed E-state index contributed by atoms with van der Waals surface area (Å²) in [5.74, 6) is 0.886. The first-order valence-corrected chi connectivity index (χ1v) is 7.16. The number of hydrogen-bond donors (Lipinski definition) is 0. The van der Waals surface area contributed by atoms with Gasteiger partial charge in [0, 0.05) is 31.4 Å². The Morgan fingerprint density at radius 1 is 1.58 bits per heavy atom. The van der Waals surface area contributed by atoms with Gasteiger partial charge in [0.25, 0.3) is 0 Å². The van der Waals surface area contributed by atoms with E-state index in [1.807, 2.05) is 21.0 Å². The maximum atomic E-state index is 11.2. The van der Waals surface area contributed by atoms with Crippen LogP contribution in [0.3, 0.4) is 0 Å². The third-order valence-corrected chi connectivity index (χ3v) is 4.33. The van der Waals surface area contributed by atoms with Crippen LogP contribution in [-0.4, -0.2) is 29.2 Å². The molecule has 2 rings (SSSR count). The van der Waals surface area contributed by atoms with Crippen molar-refractivity contribution >= 4 is 23.4 Å². The first kappa shape index (κ1) is 13.8. The molecule has 0 bridgehead atoms. The zero-order chi connectivity index (χ0) is 14.0. The van der Waals surface area contributed by atoms with E-state index in [-0.39, 0.29) is 0 Å². The van der Waals surface area contributed by atoms with Gasteiger partial charge < -0.3 is 4.90 Å². The summed E-state index contributed by atoms with van der Waals surface area (Å²) >= 11 is 1.76. The van der Waals surface area contributed by atoms with Crippen LogP contribution < -0.4 is 4.90 Å². The van der Waals surface area contributed by atoms with Gasteiger partial charge in [0.1, 0.15) is 5.82 Å². The van der Waals surface area contributed by atoms with Crippen LogP contribution in [0.1, 0.15) is 27.9 Å². The number of nitrogens with zero attached hydrogens (tertiary/aromatic N) is 3. The van der Waals surface area contributed by atoms with Crippen molar-refractivity contribution in [3.8, 4) is 0 Å². The predicted octanol–water partition coefficient (Wildman–Crippen LogP) is 2.67. The lowest BCUT2D eigenvalue weighted by molar-refractivity contribution is 0.112. The van der Waals surface area contributed by atoms with E-state index >= 15 is 0 Å². The lowest BCUT2D eigenvalue weighted by Gasteiger charge is -2.27. The van der Waals surface area contributed by atoms with Gasteiger partial charge in [-0.25, -0.2) is 0 Å². The highest BCUT2D eigenvalue weighted by Gasteiger charge is 2.20. The van der Waals surface area contributed by atoms with Crippen molar-refractivity contribution in [1.29, 1.82) is 0 Å². The van der Waals surface area contributed by atoms with Crippen LogP contribution in [0.4, 0.5) is 5.82 Å². The lowest BCUT2D eigenvalue weighted by Crippen LogP contribution is -2.32. The fourth-order valence-electron chi connectivity index (χ4n) is 2.28. The molecule has 1 atom stereocenters. The van der Waals surface area contributed by atoms with Gasteiger partial charge in [-0.3, -0.25) is 9.48 Å². The van der Waals surface area contributed by atoms with Crippen LogP contribution in [0.5, 0.6) is 0 Å². The molecule has 1 unspecified atom stereocenters. The van der Waals surface area contributed by atoms with Crippen molar-refractivity contribution in [2.45, 2.75) is 26.3 Å². The molecule has 0 aliphatic carbocycles. The SMILES string of the molecule is Cc1nn(C)c(N(C)C(C)Cc2cccs2)c1C=O. The summed E-state index contributed by atoms with van der Waals surface area (Å²) in [6.07, 6.45) is 1.86. The number of anilines is 1. The summed E-state index contributed by atoms with van der Waals surface area (Å²) in [6.45, 7) is 4.03. The van der Waals surface area contributed by atoms with E-state index in [2.05, 4.69) is 34.4 Å². The molecule has 0 N–H and O–H groups in total. The molecule has 0 aromatic carbocycles. The Bertz CT molecular complexity index is 560. The Morgan fingerprint density at radius 2 is 2.32 bits per heavy atom. The molecule has 102 valence electrons. The van der Waals surface area contributed by atoms with Crippen LogP contribution >= 0.6 is 11.3 Å². The Hall–Kier alpha value is -1.62. The van der Waals surface area contributed by atoms with Gasteiger partial charge in [-0.1, -0.05) is 6.07 Å². The molecular weight excluding hydrogens is 258 g/mol.